The Morgan fingerprint density at radius 2 is 2.19 bits per heavy atom. The summed E-state index contributed by atoms with van der Waals surface area (Å²) < 4.78 is 5.30. The quantitative estimate of drug-likeness (QED) is 0.286. The lowest BCUT2D eigenvalue weighted by atomic mass is 10.2. The molecule has 1 rings (SSSR count). The lowest BCUT2D eigenvalue weighted by molar-refractivity contribution is 0.146. The first kappa shape index (κ1) is 20.1. The standard InChI is InChI=1S/C15H26N4O.HI/c1-3-17-15(18-10-6-12-20-4-2)19-11-8-14-7-5-9-16-13-14;/h5,7,9,13H,3-4,6,8,10-12H2,1-2H3,(H2,17,18,19);1H. The van der Waals surface area contributed by atoms with Gasteiger partial charge in [0, 0.05) is 45.2 Å². The molecule has 5 nitrogen and oxygen atoms in total. The summed E-state index contributed by atoms with van der Waals surface area (Å²) in [6.07, 6.45) is 5.58. The van der Waals surface area contributed by atoms with Crippen LogP contribution in [0.3, 0.4) is 0 Å². The number of aliphatic imine (C=N–C) groups is 1. The van der Waals surface area contributed by atoms with Gasteiger partial charge in [0.2, 0.25) is 0 Å². The van der Waals surface area contributed by atoms with Crippen molar-refractivity contribution in [1.82, 2.24) is 15.6 Å². The number of halogens is 1. The van der Waals surface area contributed by atoms with E-state index in [1.54, 1.807) is 6.20 Å². The van der Waals surface area contributed by atoms with Crippen LogP contribution in [0.1, 0.15) is 25.8 Å². The summed E-state index contributed by atoms with van der Waals surface area (Å²) in [7, 11) is 0. The molecule has 0 radical (unpaired) electrons. The highest BCUT2D eigenvalue weighted by Gasteiger charge is 1.97. The molecule has 1 aromatic rings. The molecule has 0 aliphatic carbocycles. The van der Waals surface area contributed by atoms with E-state index in [-0.39, 0.29) is 24.0 Å². The molecule has 0 saturated heterocycles. The number of nitrogens with one attached hydrogen (secondary N) is 2. The predicted molar refractivity (Wildman–Crippen MR) is 98.4 cm³/mol. The van der Waals surface area contributed by atoms with Gasteiger partial charge < -0.3 is 15.4 Å². The number of guanidine groups is 1. The van der Waals surface area contributed by atoms with Crippen LogP contribution in [0.4, 0.5) is 0 Å². The summed E-state index contributed by atoms with van der Waals surface area (Å²) in [5, 5.41) is 6.57. The SMILES string of the molecule is CCNC(=NCCCOCC)NCCc1cccnc1.I. The van der Waals surface area contributed by atoms with Crippen molar-refractivity contribution in [1.29, 1.82) is 0 Å². The van der Waals surface area contributed by atoms with E-state index in [4.69, 9.17) is 4.74 Å². The Hall–Kier alpha value is -0.890. The van der Waals surface area contributed by atoms with E-state index < -0.39 is 0 Å². The molecule has 1 aromatic heterocycles. The first-order valence-corrected chi connectivity index (χ1v) is 7.35. The Bertz CT molecular complexity index is 373. The molecule has 0 saturated carbocycles. The Labute approximate surface area is 145 Å². The monoisotopic (exact) mass is 406 g/mol. The zero-order valence-corrected chi connectivity index (χ0v) is 15.3. The number of pyridine rings is 1. The minimum absolute atomic E-state index is 0. The lowest BCUT2D eigenvalue weighted by Gasteiger charge is -2.11. The van der Waals surface area contributed by atoms with Gasteiger partial charge in [-0.3, -0.25) is 9.98 Å². The second-order valence-electron chi connectivity index (χ2n) is 4.35. The maximum atomic E-state index is 5.30. The van der Waals surface area contributed by atoms with E-state index in [0.717, 1.165) is 51.6 Å². The third-order valence-electron chi connectivity index (χ3n) is 2.69. The zero-order chi connectivity index (χ0) is 14.5. The van der Waals surface area contributed by atoms with Gasteiger partial charge in [0.1, 0.15) is 0 Å². The number of hydrogen-bond donors (Lipinski definition) is 2. The summed E-state index contributed by atoms with van der Waals surface area (Å²) in [5.41, 5.74) is 1.23. The summed E-state index contributed by atoms with van der Waals surface area (Å²) >= 11 is 0. The Morgan fingerprint density at radius 1 is 1.33 bits per heavy atom. The molecule has 0 bridgehead atoms. The van der Waals surface area contributed by atoms with E-state index in [9.17, 15) is 0 Å². The minimum Gasteiger partial charge on any atom is -0.382 e. The number of nitrogens with zero attached hydrogens (tertiary/aromatic N) is 2. The maximum Gasteiger partial charge on any atom is 0.191 e. The fourth-order valence-corrected chi connectivity index (χ4v) is 1.71. The topological polar surface area (TPSA) is 58.5 Å². The number of ether oxygens (including phenoxy) is 1. The molecular formula is C15H27IN4O. The highest BCUT2D eigenvalue weighted by Crippen LogP contribution is 1.95. The van der Waals surface area contributed by atoms with Crippen LogP contribution >= 0.6 is 24.0 Å². The van der Waals surface area contributed by atoms with Crippen LogP contribution in [0.25, 0.3) is 0 Å². The molecule has 0 aromatic carbocycles. The molecule has 0 fully saturated rings. The van der Waals surface area contributed by atoms with Crippen LogP contribution in [-0.2, 0) is 11.2 Å². The highest BCUT2D eigenvalue weighted by molar-refractivity contribution is 14.0. The first-order valence-electron chi connectivity index (χ1n) is 7.35. The average molecular weight is 406 g/mol. The van der Waals surface area contributed by atoms with Crippen LogP contribution < -0.4 is 10.6 Å². The van der Waals surface area contributed by atoms with E-state index >= 15 is 0 Å². The van der Waals surface area contributed by atoms with Gasteiger partial charge in [-0.25, -0.2) is 0 Å². The Morgan fingerprint density at radius 3 is 2.86 bits per heavy atom. The second-order valence-corrected chi connectivity index (χ2v) is 4.35. The largest absolute Gasteiger partial charge is 0.382 e. The third kappa shape index (κ3) is 10.5. The van der Waals surface area contributed by atoms with Crippen molar-refractivity contribution in [2.75, 3.05) is 32.8 Å². The molecule has 0 spiro atoms. The molecule has 0 aliphatic heterocycles. The lowest BCUT2D eigenvalue weighted by Crippen LogP contribution is -2.38. The zero-order valence-electron chi connectivity index (χ0n) is 13.0. The van der Waals surface area contributed by atoms with Crippen LogP contribution in [0.2, 0.25) is 0 Å². The molecule has 6 heteroatoms. The van der Waals surface area contributed by atoms with Gasteiger partial charge in [-0.1, -0.05) is 6.07 Å². The van der Waals surface area contributed by atoms with E-state index in [0.29, 0.717) is 0 Å². The number of aromatic nitrogens is 1. The van der Waals surface area contributed by atoms with Gasteiger partial charge >= 0.3 is 0 Å². The Kier molecular flexibility index (Phi) is 13.5. The first-order chi connectivity index (χ1) is 9.86. The summed E-state index contributed by atoms with van der Waals surface area (Å²) in [4.78, 5) is 8.62. The van der Waals surface area contributed by atoms with Gasteiger partial charge in [-0.15, -0.1) is 24.0 Å². The molecule has 2 N–H and O–H groups in total. The van der Waals surface area contributed by atoms with Crippen molar-refractivity contribution in [2.24, 2.45) is 4.99 Å². The number of rotatable bonds is 9. The van der Waals surface area contributed by atoms with Crippen LogP contribution in [-0.4, -0.2) is 43.8 Å². The highest BCUT2D eigenvalue weighted by atomic mass is 127. The molecule has 21 heavy (non-hydrogen) atoms. The van der Waals surface area contributed by atoms with Crippen molar-refractivity contribution in [3.8, 4) is 0 Å². The summed E-state index contributed by atoms with van der Waals surface area (Å²) in [5.74, 6) is 0.868. The van der Waals surface area contributed by atoms with Crippen LogP contribution in [0, 0.1) is 0 Å². The minimum atomic E-state index is 0. The molecule has 0 atom stereocenters. The molecule has 0 amide bonds. The van der Waals surface area contributed by atoms with Gasteiger partial charge in [0.05, 0.1) is 0 Å². The number of hydrogen-bond acceptors (Lipinski definition) is 3. The van der Waals surface area contributed by atoms with Crippen molar-refractivity contribution in [3.05, 3.63) is 30.1 Å². The molecule has 0 aliphatic rings. The van der Waals surface area contributed by atoms with E-state index in [1.165, 1.54) is 5.56 Å². The fourth-order valence-electron chi connectivity index (χ4n) is 1.71. The molecular weight excluding hydrogens is 379 g/mol. The molecule has 0 unspecified atom stereocenters. The van der Waals surface area contributed by atoms with Crippen molar-refractivity contribution in [2.45, 2.75) is 26.7 Å². The van der Waals surface area contributed by atoms with E-state index in [1.807, 2.05) is 19.2 Å². The second kappa shape index (κ2) is 14.1. The average Bonchev–Trinajstić information content (AvgIpc) is 2.48. The van der Waals surface area contributed by atoms with Crippen LogP contribution in [0.15, 0.2) is 29.5 Å². The fraction of sp³-hybridized carbons (Fsp3) is 0.600. The summed E-state index contributed by atoms with van der Waals surface area (Å²) in [6, 6.07) is 4.04. The molecule has 120 valence electrons. The Balaban J connectivity index is 0.00000400. The maximum absolute atomic E-state index is 5.30. The third-order valence-corrected chi connectivity index (χ3v) is 2.69. The van der Waals surface area contributed by atoms with Gasteiger partial charge in [0.25, 0.3) is 0 Å². The van der Waals surface area contributed by atoms with Crippen molar-refractivity contribution < 1.29 is 4.74 Å². The summed E-state index contributed by atoms with van der Waals surface area (Å²) in [6.45, 7) is 8.11. The normalized spacial score (nSPS) is 10.9. The van der Waals surface area contributed by atoms with Gasteiger partial charge in [0.15, 0.2) is 5.96 Å². The van der Waals surface area contributed by atoms with Crippen molar-refractivity contribution >= 4 is 29.9 Å². The smallest absolute Gasteiger partial charge is 0.191 e. The van der Waals surface area contributed by atoms with Gasteiger partial charge in [-0.2, -0.15) is 0 Å². The predicted octanol–water partition coefficient (Wildman–Crippen LogP) is 2.22. The van der Waals surface area contributed by atoms with Gasteiger partial charge in [-0.05, 0) is 38.3 Å². The van der Waals surface area contributed by atoms with Crippen LogP contribution in [0.5, 0.6) is 0 Å². The van der Waals surface area contributed by atoms with Crippen molar-refractivity contribution in [3.63, 3.8) is 0 Å². The van der Waals surface area contributed by atoms with E-state index in [2.05, 4.69) is 33.6 Å². The molecule has 1 heterocycles.